The van der Waals surface area contributed by atoms with Gasteiger partial charge in [0, 0.05) is 33.2 Å². The Bertz CT molecular complexity index is 3200. The molecule has 318 valence electrons. The molecule has 2 heterocycles. The third kappa shape index (κ3) is 8.74. The molecule has 2 aromatic heterocycles. The largest absolute Gasteiger partial charge is 0.228 e. The zero-order valence-corrected chi connectivity index (χ0v) is 37.3. The van der Waals surface area contributed by atoms with Gasteiger partial charge in [-0.25, -0.2) is 19.9 Å². The van der Waals surface area contributed by atoms with Crippen molar-refractivity contribution < 1.29 is 0 Å². The van der Waals surface area contributed by atoms with Gasteiger partial charge in [-0.05, 0) is 82.5 Å². The Labute approximate surface area is 388 Å². The summed E-state index contributed by atoms with van der Waals surface area (Å²) in [7, 11) is 0. The first-order chi connectivity index (χ1) is 32.6. The predicted octanol–water partition coefficient (Wildman–Crippen LogP) is 16.0. The van der Waals surface area contributed by atoms with Crippen molar-refractivity contribution in [1.29, 1.82) is 0 Å². The van der Waals surface area contributed by atoms with Gasteiger partial charge in [0.2, 0.25) is 0 Å². The maximum absolute atomic E-state index is 5.20. The van der Waals surface area contributed by atoms with Gasteiger partial charge in [0.05, 0.1) is 22.8 Å². The molecule has 0 N–H and O–H groups in total. The van der Waals surface area contributed by atoms with Crippen LogP contribution in [0.1, 0.15) is 44.4 Å². The van der Waals surface area contributed by atoms with E-state index < -0.39 is 0 Å². The topological polar surface area (TPSA) is 51.6 Å². The van der Waals surface area contributed by atoms with Crippen molar-refractivity contribution in [3.8, 4) is 78.8 Å². The van der Waals surface area contributed by atoms with Gasteiger partial charge in [-0.1, -0.05) is 220 Å². The molecule has 0 saturated carbocycles. The Morgan fingerprint density at radius 3 is 1.24 bits per heavy atom. The lowest BCUT2D eigenvalue weighted by Crippen LogP contribution is -2.26. The first-order valence-electron chi connectivity index (χ1n) is 23.0. The molecule has 1 aliphatic carbocycles. The number of benzene rings is 7. The average molecular weight is 851 g/mol. The van der Waals surface area contributed by atoms with E-state index in [-0.39, 0.29) is 5.41 Å². The van der Waals surface area contributed by atoms with Crippen LogP contribution in [-0.4, -0.2) is 19.9 Å². The van der Waals surface area contributed by atoms with Gasteiger partial charge in [0.25, 0.3) is 0 Å². The SMILES string of the molecule is CCC(CC)(C1=CCC=C(c2cc(-c3cccc(-c4ccccc4)c3)nc(-c3ccccc3)n2)C=C1)c1ccc(-c2cc(-c3cccc(-c4ccccc4)c3)nc(-c3ccccc3)n2)cc1. The van der Waals surface area contributed by atoms with Crippen LogP contribution in [0, 0.1) is 0 Å². The summed E-state index contributed by atoms with van der Waals surface area (Å²) in [5, 5.41) is 0. The van der Waals surface area contributed by atoms with Gasteiger partial charge in [0.1, 0.15) is 0 Å². The number of rotatable bonds is 12. The van der Waals surface area contributed by atoms with E-state index in [4.69, 9.17) is 19.9 Å². The molecule has 7 aromatic carbocycles. The third-order valence-electron chi connectivity index (χ3n) is 13.0. The number of allylic oxidation sites excluding steroid dienone is 6. The second-order valence-corrected chi connectivity index (χ2v) is 16.8. The average Bonchev–Trinajstić information content (AvgIpc) is 3.67. The minimum Gasteiger partial charge on any atom is -0.228 e. The summed E-state index contributed by atoms with van der Waals surface area (Å²) in [5.74, 6) is 1.42. The smallest absolute Gasteiger partial charge is 0.160 e. The molecule has 0 saturated heterocycles. The number of hydrogen-bond acceptors (Lipinski definition) is 4. The molecule has 1 aliphatic rings. The molecule has 0 aliphatic heterocycles. The lowest BCUT2D eigenvalue weighted by molar-refractivity contribution is 0.476. The number of aromatic nitrogens is 4. The van der Waals surface area contributed by atoms with E-state index in [1.807, 2.05) is 36.4 Å². The summed E-state index contributed by atoms with van der Waals surface area (Å²) < 4.78 is 0. The molecular formula is C62H50N4. The van der Waals surface area contributed by atoms with E-state index in [0.717, 1.165) is 86.6 Å². The maximum atomic E-state index is 5.20. The molecule has 0 atom stereocenters. The number of nitrogens with zero attached hydrogens (tertiary/aromatic N) is 4. The van der Waals surface area contributed by atoms with E-state index in [2.05, 4.69) is 208 Å². The highest BCUT2D eigenvalue weighted by atomic mass is 14.9. The van der Waals surface area contributed by atoms with Gasteiger partial charge < -0.3 is 0 Å². The first-order valence-corrected chi connectivity index (χ1v) is 23.0. The summed E-state index contributed by atoms with van der Waals surface area (Å²) in [6, 6.07) is 72.2. The van der Waals surface area contributed by atoms with Gasteiger partial charge in [-0.15, -0.1) is 0 Å². The summed E-state index contributed by atoms with van der Waals surface area (Å²) in [6.07, 6.45) is 12.0. The molecule has 0 spiro atoms. The van der Waals surface area contributed by atoms with Crippen LogP contribution in [0.25, 0.3) is 84.4 Å². The van der Waals surface area contributed by atoms with E-state index in [1.165, 1.54) is 22.3 Å². The minimum atomic E-state index is -0.188. The maximum Gasteiger partial charge on any atom is 0.160 e. The molecule has 0 bridgehead atoms. The Balaban J connectivity index is 0.973. The standard InChI is InChI=1S/C62H50N4/c1-3-62(4-2,55-38-35-47(36-39-55)57-43-59(66-61(64-57)49-26-15-8-16-27-49)53-32-18-30-51(41-53)45-22-11-6-12-23-45)54-33-19-28-46(34-37-54)56-42-58(65-60(63-56)48-24-13-7-14-25-48)52-31-17-29-50(40-52)44-20-9-5-10-21-44/h5-18,20-43H,3-4,19H2,1-2H3. The van der Waals surface area contributed by atoms with E-state index in [0.29, 0.717) is 11.6 Å². The zero-order valence-electron chi connectivity index (χ0n) is 37.3. The quantitative estimate of drug-likeness (QED) is 0.123. The monoisotopic (exact) mass is 850 g/mol. The van der Waals surface area contributed by atoms with Crippen molar-refractivity contribution in [3.05, 3.63) is 247 Å². The Morgan fingerprint density at radius 2 is 0.758 bits per heavy atom. The molecule has 10 rings (SSSR count). The summed E-state index contributed by atoms with van der Waals surface area (Å²) in [6.45, 7) is 4.62. The molecule has 0 radical (unpaired) electrons. The van der Waals surface area contributed by atoms with Crippen molar-refractivity contribution >= 4 is 5.57 Å². The fourth-order valence-electron chi connectivity index (χ4n) is 9.26. The van der Waals surface area contributed by atoms with Crippen LogP contribution >= 0.6 is 0 Å². The van der Waals surface area contributed by atoms with Crippen molar-refractivity contribution in [3.63, 3.8) is 0 Å². The molecule has 0 amide bonds. The van der Waals surface area contributed by atoms with E-state index in [1.54, 1.807) is 0 Å². The molecule has 0 fully saturated rings. The lowest BCUT2D eigenvalue weighted by Gasteiger charge is -2.34. The third-order valence-corrected chi connectivity index (χ3v) is 13.0. The van der Waals surface area contributed by atoms with Crippen molar-refractivity contribution in [2.24, 2.45) is 0 Å². The normalized spacial score (nSPS) is 12.6. The van der Waals surface area contributed by atoms with Gasteiger partial charge in [-0.3, -0.25) is 0 Å². The van der Waals surface area contributed by atoms with Crippen LogP contribution in [0.2, 0.25) is 0 Å². The molecule has 4 nitrogen and oxygen atoms in total. The first kappa shape index (κ1) is 41.9. The Hall–Kier alpha value is -8.08. The Kier molecular flexibility index (Phi) is 12.0. The lowest BCUT2D eigenvalue weighted by atomic mass is 9.69. The van der Waals surface area contributed by atoms with Crippen LogP contribution in [-0.2, 0) is 5.41 Å². The minimum absolute atomic E-state index is 0.188. The molecular weight excluding hydrogens is 801 g/mol. The van der Waals surface area contributed by atoms with Crippen LogP contribution < -0.4 is 0 Å². The van der Waals surface area contributed by atoms with Crippen molar-refractivity contribution in [1.82, 2.24) is 19.9 Å². The molecule has 0 unspecified atom stereocenters. The highest BCUT2D eigenvalue weighted by molar-refractivity contribution is 5.80. The van der Waals surface area contributed by atoms with Gasteiger partial charge >= 0.3 is 0 Å². The molecule has 4 heteroatoms. The summed E-state index contributed by atoms with van der Waals surface area (Å²) in [4.78, 5) is 20.7. The highest BCUT2D eigenvalue weighted by Crippen LogP contribution is 2.42. The second-order valence-electron chi connectivity index (χ2n) is 16.8. The fourth-order valence-corrected chi connectivity index (χ4v) is 9.26. The van der Waals surface area contributed by atoms with Gasteiger partial charge in [-0.2, -0.15) is 0 Å². The van der Waals surface area contributed by atoms with E-state index in [9.17, 15) is 0 Å². The van der Waals surface area contributed by atoms with Crippen molar-refractivity contribution in [2.45, 2.75) is 38.5 Å². The Morgan fingerprint density at radius 1 is 0.348 bits per heavy atom. The van der Waals surface area contributed by atoms with Crippen LogP contribution in [0.5, 0.6) is 0 Å². The molecule has 66 heavy (non-hydrogen) atoms. The van der Waals surface area contributed by atoms with Crippen LogP contribution in [0.3, 0.4) is 0 Å². The van der Waals surface area contributed by atoms with Crippen molar-refractivity contribution in [2.75, 3.05) is 0 Å². The highest BCUT2D eigenvalue weighted by Gasteiger charge is 2.32. The summed E-state index contributed by atoms with van der Waals surface area (Å²) >= 11 is 0. The van der Waals surface area contributed by atoms with Crippen LogP contribution in [0.4, 0.5) is 0 Å². The predicted molar refractivity (Wildman–Crippen MR) is 274 cm³/mol. The van der Waals surface area contributed by atoms with E-state index >= 15 is 0 Å². The van der Waals surface area contributed by atoms with Crippen LogP contribution in [0.15, 0.2) is 236 Å². The fraction of sp³-hybridized carbons (Fsp3) is 0.0968. The number of hydrogen-bond donors (Lipinski definition) is 0. The zero-order chi connectivity index (χ0) is 44.7. The molecule has 9 aromatic rings. The van der Waals surface area contributed by atoms with Gasteiger partial charge in [0.15, 0.2) is 11.6 Å². The second kappa shape index (κ2) is 18.9. The summed E-state index contributed by atoms with van der Waals surface area (Å²) in [5.41, 5.74) is 16.9.